The van der Waals surface area contributed by atoms with Crippen LogP contribution in [0.15, 0.2) is 12.2 Å². The zero-order valence-corrected chi connectivity index (χ0v) is 39.5. The molecule has 0 aromatic heterocycles. The third-order valence-corrected chi connectivity index (χ3v) is 20.0. The van der Waals surface area contributed by atoms with Crippen molar-refractivity contribution in [1.29, 1.82) is 0 Å². The van der Waals surface area contributed by atoms with E-state index in [0.717, 1.165) is 32.1 Å². The predicted molar refractivity (Wildman–Crippen MR) is 229 cm³/mol. The first kappa shape index (κ1) is 50.0. The van der Waals surface area contributed by atoms with E-state index in [0.29, 0.717) is 25.9 Å². The zero-order chi connectivity index (χ0) is 47.9. The Hall–Kier alpha value is -0.980. The molecule has 66 heavy (non-hydrogen) atoms. The molecule has 0 amide bonds. The quantitative estimate of drug-likeness (QED) is 0.104. The van der Waals surface area contributed by atoms with Crippen LogP contribution in [0.5, 0.6) is 0 Å². The first-order chi connectivity index (χ1) is 30.9. The number of allylic oxidation sites excluding steroid dienone is 1. The van der Waals surface area contributed by atoms with E-state index < -0.39 is 129 Å². The summed E-state index contributed by atoms with van der Waals surface area (Å²) in [6.45, 7) is 14.3. The summed E-state index contributed by atoms with van der Waals surface area (Å²) in [5.74, 6) is 0.207. The molecule has 0 radical (unpaired) electrons. The molecule has 18 heteroatoms. The monoisotopic (exact) mass is 943 g/mol. The highest BCUT2D eigenvalue weighted by Crippen LogP contribution is 2.79. The van der Waals surface area contributed by atoms with Crippen LogP contribution in [0.2, 0.25) is 0 Å². The average Bonchev–Trinajstić information content (AvgIpc) is 3.55. The van der Waals surface area contributed by atoms with Gasteiger partial charge in [-0.3, -0.25) is 0 Å². The van der Waals surface area contributed by atoms with E-state index in [1.54, 1.807) is 0 Å². The zero-order valence-electron chi connectivity index (χ0n) is 39.5. The Morgan fingerprint density at radius 3 is 1.98 bits per heavy atom. The number of aliphatic hydroxyl groups excluding tert-OH is 11. The standard InChI is InChI=1S/C48H78O18/c1-22-30(52)32(54)36(58)40(62-22)66-38-24(19-60-39-35(57)33(55)31(53)23(18-49)63-39)64-41(37(59)34(38)56)65-29-10-11-43(4)25(44(29,5)20-50)8-12-45(6)26(43)9-13-48-27-16-42(2,3)14-15-47(27,21-61-48)28(51)17-46(45,48)7/h9,13,22-41,49-59H,8,10-12,14-21H2,1-7H3/t22-,23+,24+,25+,26+,27+,28-,29-,30-,31+,32+,33-,34+,35+,36+,37+,38+,39+,40-,41-,43-,44-,45+,46-,47+,48-/m0/s1. The smallest absolute Gasteiger partial charge is 0.187 e. The summed E-state index contributed by atoms with van der Waals surface area (Å²) in [5.41, 5.74) is -2.43. The van der Waals surface area contributed by atoms with Crippen molar-refractivity contribution in [1.82, 2.24) is 0 Å². The number of ether oxygens (including phenoxy) is 7. The van der Waals surface area contributed by atoms with Crippen LogP contribution in [0.1, 0.15) is 99.8 Å². The highest BCUT2D eigenvalue weighted by molar-refractivity contribution is 5.36. The Labute approximate surface area is 387 Å². The highest BCUT2D eigenvalue weighted by atomic mass is 16.8. The fraction of sp³-hybridized carbons (Fsp3) is 0.958. The first-order valence-corrected chi connectivity index (χ1v) is 24.5. The maximum atomic E-state index is 12.2. The van der Waals surface area contributed by atoms with Gasteiger partial charge in [-0.1, -0.05) is 53.7 Å². The van der Waals surface area contributed by atoms with Gasteiger partial charge in [0, 0.05) is 22.2 Å². The van der Waals surface area contributed by atoms with Crippen LogP contribution in [-0.4, -0.2) is 193 Å². The lowest BCUT2D eigenvalue weighted by Gasteiger charge is -2.73. The largest absolute Gasteiger partial charge is 0.396 e. The van der Waals surface area contributed by atoms with Crippen LogP contribution < -0.4 is 0 Å². The molecule has 11 N–H and O–H groups in total. The van der Waals surface area contributed by atoms with Crippen LogP contribution in [0, 0.1) is 50.2 Å². The summed E-state index contributed by atoms with van der Waals surface area (Å²) >= 11 is 0. The molecule has 1 spiro atoms. The molecular weight excluding hydrogens is 865 g/mol. The van der Waals surface area contributed by atoms with Gasteiger partial charge in [-0.25, -0.2) is 0 Å². The molecule has 9 aliphatic rings. The van der Waals surface area contributed by atoms with E-state index in [1.807, 2.05) is 6.92 Å². The van der Waals surface area contributed by atoms with E-state index in [1.165, 1.54) is 6.92 Å². The molecular formula is C48H78O18. The number of aliphatic hydroxyl groups is 11. The molecule has 5 aliphatic carbocycles. The lowest BCUT2D eigenvalue weighted by molar-refractivity contribution is -0.375. The normalized spacial score (nSPS) is 58.8. The second-order valence-electron chi connectivity index (χ2n) is 23.8. The minimum Gasteiger partial charge on any atom is -0.396 e. The minimum absolute atomic E-state index is 0.0689. The molecule has 18 nitrogen and oxygen atoms in total. The van der Waals surface area contributed by atoms with Crippen LogP contribution in [0.25, 0.3) is 0 Å². The van der Waals surface area contributed by atoms with Crippen LogP contribution in [0.4, 0.5) is 0 Å². The Balaban J connectivity index is 0.972. The summed E-state index contributed by atoms with van der Waals surface area (Å²) in [5, 5.41) is 120. The van der Waals surface area contributed by atoms with Gasteiger partial charge in [0.25, 0.3) is 0 Å². The fourth-order valence-electron chi connectivity index (χ4n) is 15.7. The predicted octanol–water partition coefficient (Wildman–Crippen LogP) is -0.399. The van der Waals surface area contributed by atoms with Gasteiger partial charge >= 0.3 is 0 Å². The summed E-state index contributed by atoms with van der Waals surface area (Å²) in [7, 11) is 0. The molecule has 9 rings (SSSR count). The fourth-order valence-corrected chi connectivity index (χ4v) is 15.7. The van der Waals surface area contributed by atoms with Crippen molar-refractivity contribution in [3.63, 3.8) is 0 Å². The number of hydrogen-bond acceptors (Lipinski definition) is 18. The molecule has 26 atom stereocenters. The molecule has 2 bridgehead atoms. The minimum atomic E-state index is -1.80. The van der Waals surface area contributed by atoms with Gasteiger partial charge in [-0.2, -0.15) is 0 Å². The van der Waals surface area contributed by atoms with Gasteiger partial charge in [0.05, 0.1) is 50.3 Å². The molecule has 4 heterocycles. The van der Waals surface area contributed by atoms with Gasteiger partial charge in [-0.15, -0.1) is 0 Å². The van der Waals surface area contributed by atoms with Crippen LogP contribution >= 0.6 is 0 Å². The van der Waals surface area contributed by atoms with Gasteiger partial charge in [0.1, 0.15) is 67.1 Å². The van der Waals surface area contributed by atoms with Gasteiger partial charge < -0.3 is 89.3 Å². The van der Waals surface area contributed by atoms with E-state index in [4.69, 9.17) is 33.2 Å². The Morgan fingerprint density at radius 1 is 0.636 bits per heavy atom. The maximum Gasteiger partial charge on any atom is 0.187 e. The number of fused-ring (bicyclic) bond motifs is 4. The number of hydrogen-bond donors (Lipinski definition) is 11. The van der Waals surface area contributed by atoms with Gasteiger partial charge in [0.2, 0.25) is 0 Å². The highest BCUT2D eigenvalue weighted by Gasteiger charge is 2.79. The van der Waals surface area contributed by atoms with Crippen molar-refractivity contribution < 1.29 is 89.3 Å². The Kier molecular flexibility index (Phi) is 12.9. The average molecular weight is 943 g/mol. The van der Waals surface area contributed by atoms with Crippen molar-refractivity contribution in [2.24, 2.45) is 50.2 Å². The summed E-state index contributed by atoms with van der Waals surface area (Å²) in [6, 6.07) is 0. The lowest BCUT2D eigenvalue weighted by Crippen LogP contribution is -2.72. The van der Waals surface area contributed by atoms with E-state index in [9.17, 15) is 56.2 Å². The van der Waals surface area contributed by atoms with Crippen molar-refractivity contribution in [3.05, 3.63) is 12.2 Å². The second kappa shape index (κ2) is 17.1. The third kappa shape index (κ3) is 7.08. The van der Waals surface area contributed by atoms with Crippen molar-refractivity contribution in [2.45, 2.75) is 210 Å². The SMILES string of the molecule is C[C@@H]1O[C@@H](O[C@H]2[C@H](O)[C@@H](O)[C@H](O[C@H]3CC[C@@]4(C)[C@@H](CC[C@]5(C)[C@@H]4C=C[C@]46OC[C@@]7(CCC(C)(C)C[C@H]74)[C@@H](O)C[C@]65C)[C@]3(C)CO)O[C@@H]2CO[C@@H]2O[C@H](CO)[C@@H](O)[C@H](O)[C@H]2O)[C@H](O)[C@H](O)[C@H]1O. The molecule has 0 unspecified atom stereocenters. The molecule has 4 saturated carbocycles. The van der Waals surface area contributed by atoms with Crippen molar-refractivity contribution >= 4 is 0 Å². The first-order valence-electron chi connectivity index (χ1n) is 24.5. The molecule has 8 fully saturated rings. The molecule has 4 aliphatic heterocycles. The van der Waals surface area contributed by atoms with Gasteiger partial charge in [0.15, 0.2) is 18.9 Å². The molecule has 4 saturated heterocycles. The Morgan fingerprint density at radius 2 is 1.29 bits per heavy atom. The molecule has 378 valence electrons. The summed E-state index contributed by atoms with van der Waals surface area (Å²) in [4.78, 5) is 0. The van der Waals surface area contributed by atoms with Crippen molar-refractivity contribution in [3.8, 4) is 0 Å². The van der Waals surface area contributed by atoms with Crippen molar-refractivity contribution in [2.75, 3.05) is 26.4 Å². The van der Waals surface area contributed by atoms with E-state index >= 15 is 0 Å². The van der Waals surface area contributed by atoms with Crippen LogP contribution in [0.3, 0.4) is 0 Å². The third-order valence-electron chi connectivity index (χ3n) is 20.0. The topological polar surface area (TPSA) is 287 Å². The summed E-state index contributed by atoms with van der Waals surface area (Å²) in [6.07, 6.45) is -13.6. The molecule has 0 aromatic carbocycles. The number of rotatable bonds is 9. The summed E-state index contributed by atoms with van der Waals surface area (Å²) < 4.78 is 43.3. The second-order valence-corrected chi connectivity index (χ2v) is 23.8. The maximum absolute atomic E-state index is 12.2. The molecule has 0 aromatic rings. The van der Waals surface area contributed by atoms with Crippen LogP contribution in [-0.2, 0) is 33.2 Å². The van der Waals surface area contributed by atoms with Gasteiger partial charge in [-0.05, 0) is 86.4 Å². The van der Waals surface area contributed by atoms with E-state index in [2.05, 4.69) is 46.8 Å². The lowest BCUT2D eigenvalue weighted by atomic mass is 9.32. The Bertz CT molecular complexity index is 1800. The van der Waals surface area contributed by atoms with E-state index in [-0.39, 0.29) is 51.4 Å².